The van der Waals surface area contributed by atoms with Crippen LogP contribution >= 0.6 is 0 Å². The van der Waals surface area contributed by atoms with Gasteiger partial charge in [-0.15, -0.1) is 0 Å². The van der Waals surface area contributed by atoms with E-state index < -0.39 is 0 Å². The molecule has 0 saturated carbocycles. The fraction of sp³-hybridized carbons (Fsp3) is 0.500. The summed E-state index contributed by atoms with van der Waals surface area (Å²) in [6.45, 7) is 2.70. The molecule has 2 aromatic rings. The van der Waals surface area contributed by atoms with Gasteiger partial charge in [0.1, 0.15) is 5.82 Å². The molecule has 0 aliphatic rings. The van der Waals surface area contributed by atoms with Crippen LogP contribution in [0.2, 0.25) is 0 Å². The Labute approximate surface area is 99.0 Å². The molecule has 2 rings (SSSR count). The smallest absolute Gasteiger partial charge is 0.228 e. The second-order valence-corrected chi connectivity index (χ2v) is 3.70. The van der Waals surface area contributed by atoms with Crippen LogP contribution in [0.1, 0.15) is 18.5 Å². The number of hydrogen-bond acceptors (Lipinski definition) is 6. The number of nitrogens with two attached hydrogens (primary N) is 1. The monoisotopic (exact) mass is 236 g/mol. The van der Waals surface area contributed by atoms with E-state index in [2.05, 4.69) is 20.6 Å². The van der Waals surface area contributed by atoms with Crippen molar-refractivity contribution in [3.63, 3.8) is 0 Å². The predicted molar refractivity (Wildman–Crippen MR) is 63.5 cm³/mol. The van der Waals surface area contributed by atoms with Gasteiger partial charge in [-0.25, -0.2) is 0 Å². The molecule has 2 heterocycles. The molecule has 0 radical (unpaired) electrons. The maximum absolute atomic E-state index is 5.98. The molecule has 0 aromatic carbocycles. The van der Waals surface area contributed by atoms with Crippen LogP contribution < -0.4 is 11.1 Å². The summed E-state index contributed by atoms with van der Waals surface area (Å²) in [5.74, 6) is 1.44. The lowest BCUT2D eigenvalue weighted by atomic mass is 10.3. The van der Waals surface area contributed by atoms with Crippen molar-refractivity contribution in [2.75, 3.05) is 17.6 Å². The second-order valence-electron chi connectivity index (χ2n) is 3.70. The number of rotatable bonds is 5. The molecule has 7 heteroatoms. The van der Waals surface area contributed by atoms with Crippen LogP contribution in [0.5, 0.6) is 0 Å². The molecule has 0 bridgehead atoms. The molecule has 0 spiro atoms. The highest BCUT2D eigenvalue weighted by Crippen LogP contribution is 2.21. The molecular weight excluding hydrogens is 220 g/mol. The van der Waals surface area contributed by atoms with Crippen LogP contribution in [0, 0.1) is 0 Å². The molecule has 0 atom stereocenters. The van der Waals surface area contributed by atoms with E-state index in [4.69, 9.17) is 10.3 Å². The zero-order valence-electron chi connectivity index (χ0n) is 9.97. The molecular formula is C10H16N6O. The van der Waals surface area contributed by atoms with Gasteiger partial charge < -0.3 is 15.6 Å². The Hall–Kier alpha value is -2.05. The number of anilines is 2. The maximum Gasteiger partial charge on any atom is 0.228 e. The van der Waals surface area contributed by atoms with Crippen LogP contribution in [0.3, 0.4) is 0 Å². The van der Waals surface area contributed by atoms with Gasteiger partial charge in [0.05, 0.1) is 11.4 Å². The summed E-state index contributed by atoms with van der Waals surface area (Å²) in [6.07, 6.45) is 2.88. The summed E-state index contributed by atoms with van der Waals surface area (Å²) >= 11 is 0. The van der Waals surface area contributed by atoms with Crippen molar-refractivity contribution in [2.24, 2.45) is 7.05 Å². The lowest BCUT2D eigenvalue weighted by Crippen LogP contribution is -2.10. The minimum Gasteiger partial charge on any atom is -0.394 e. The third-order valence-corrected chi connectivity index (χ3v) is 2.53. The Bertz CT molecular complexity index is 475. The van der Waals surface area contributed by atoms with E-state index in [1.807, 2.05) is 14.0 Å². The molecule has 0 unspecified atom stereocenters. The Morgan fingerprint density at radius 1 is 1.53 bits per heavy atom. The molecule has 7 nitrogen and oxygen atoms in total. The van der Waals surface area contributed by atoms with Crippen molar-refractivity contribution in [1.29, 1.82) is 0 Å². The predicted octanol–water partition coefficient (Wildman–Crippen LogP) is 0.602. The van der Waals surface area contributed by atoms with Gasteiger partial charge in [0.15, 0.2) is 6.33 Å². The van der Waals surface area contributed by atoms with E-state index in [0.717, 1.165) is 17.9 Å². The fourth-order valence-electron chi connectivity index (χ4n) is 1.66. The molecule has 0 aliphatic carbocycles. The third-order valence-electron chi connectivity index (χ3n) is 2.53. The highest BCUT2D eigenvalue weighted by Gasteiger charge is 2.11. The first-order chi connectivity index (χ1) is 8.22. The van der Waals surface area contributed by atoms with E-state index in [9.17, 15) is 0 Å². The number of hydrogen-bond donors (Lipinski definition) is 2. The zero-order valence-corrected chi connectivity index (χ0v) is 9.97. The molecule has 0 amide bonds. The number of nitrogens with one attached hydrogen (secondary N) is 1. The largest absolute Gasteiger partial charge is 0.394 e. The van der Waals surface area contributed by atoms with Crippen molar-refractivity contribution in [3.8, 4) is 0 Å². The Morgan fingerprint density at radius 3 is 2.94 bits per heavy atom. The van der Waals surface area contributed by atoms with Crippen molar-refractivity contribution < 1.29 is 4.52 Å². The van der Waals surface area contributed by atoms with Gasteiger partial charge in [0, 0.05) is 20.0 Å². The van der Waals surface area contributed by atoms with Crippen molar-refractivity contribution in [2.45, 2.75) is 19.8 Å². The Morgan fingerprint density at radius 2 is 2.35 bits per heavy atom. The van der Waals surface area contributed by atoms with Crippen LogP contribution in [0.4, 0.5) is 11.5 Å². The molecule has 3 N–H and O–H groups in total. The third kappa shape index (κ3) is 2.38. The zero-order chi connectivity index (χ0) is 12.3. The van der Waals surface area contributed by atoms with E-state index in [1.54, 1.807) is 4.68 Å². The summed E-state index contributed by atoms with van der Waals surface area (Å²) in [7, 11) is 1.87. The lowest BCUT2D eigenvalue weighted by molar-refractivity contribution is 0.379. The molecule has 0 saturated heterocycles. The van der Waals surface area contributed by atoms with Crippen molar-refractivity contribution in [3.05, 3.63) is 17.9 Å². The Balaban J connectivity index is 1.97. The number of nitrogens with zero attached hydrogens (tertiary/aromatic N) is 4. The topological polar surface area (TPSA) is 94.8 Å². The van der Waals surface area contributed by atoms with E-state index in [0.29, 0.717) is 24.5 Å². The maximum atomic E-state index is 5.98. The van der Waals surface area contributed by atoms with Gasteiger partial charge in [-0.05, 0) is 6.42 Å². The summed E-state index contributed by atoms with van der Waals surface area (Å²) in [5, 5.41) is 11.1. The van der Waals surface area contributed by atoms with Gasteiger partial charge in [-0.3, -0.25) is 4.68 Å². The molecule has 17 heavy (non-hydrogen) atoms. The normalized spacial score (nSPS) is 10.7. The van der Waals surface area contributed by atoms with E-state index in [-0.39, 0.29) is 0 Å². The van der Waals surface area contributed by atoms with Crippen LogP contribution in [-0.4, -0.2) is 26.5 Å². The summed E-state index contributed by atoms with van der Waals surface area (Å²) in [5.41, 5.74) is 7.60. The van der Waals surface area contributed by atoms with Gasteiger partial charge in [0.2, 0.25) is 5.89 Å². The first kappa shape index (κ1) is 11.4. The fourth-order valence-corrected chi connectivity index (χ4v) is 1.66. The minimum atomic E-state index is 0.606. The van der Waals surface area contributed by atoms with E-state index in [1.165, 1.54) is 6.33 Å². The van der Waals surface area contributed by atoms with Gasteiger partial charge in [-0.2, -0.15) is 10.1 Å². The quantitative estimate of drug-likeness (QED) is 0.789. The van der Waals surface area contributed by atoms with Crippen LogP contribution in [-0.2, 0) is 19.9 Å². The standard InChI is InChI=1S/C10H16N6O/c1-3-7-9(11)10(16(2)15-7)12-5-4-8-13-6-14-17-8/h6,12H,3-5,11H2,1-2H3. The van der Waals surface area contributed by atoms with Crippen LogP contribution in [0.25, 0.3) is 0 Å². The highest BCUT2D eigenvalue weighted by atomic mass is 16.5. The van der Waals surface area contributed by atoms with E-state index >= 15 is 0 Å². The second kappa shape index (κ2) is 4.86. The van der Waals surface area contributed by atoms with Gasteiger partial charge >= 0.3 is 0 Å². The molecule has 2 aromatic heterocycles. The molecule has 92 valence electrons. The highest BCUT2D eigenvalue weighted by molar-refractivity contribution is 5.64. The van der Waals surface area contributed by atoms with Gasteiger partial charge in [0.25, 0.3) is 0 Å². The summed E-state index contributed by atoms with van der Waals surface area (Å²) in [6, 6.07) is 0. The van der Waals surface area contributed by atoms with Crippen molar-refractivity contribution in [1.82, 2.24) is 19.9 Å². The SMILES string of the molecule is CCc1nn(C)c(NCCc2ncno2)c1N. The van der Waals surface area contributed by atoms with Crippen LogP contribution in [0.15, 0.2) is 10.9 Å². The number of nitrogen functional groups attached to an aromatic ring is 1. The van der Waals surface area contributed by atoms with Crippen molar-refractivity contribution >= 4 is 11.5 Å². The first-order valence-corrected chi connectivity index (χ1v) is 5.53. The first-order valence-electron chi connectivity index (χ1n) is 5.53. The average molecular weight is 236 g/mol. The Kier molecular flexibility index (Phi) is 3.27. The summed E-state index contributed by atoms with van der Waals surface area (Å²) < 4.78 is 6.66. The molecule has 0 fully saturated rings. The lowest BCUT2D eigenvalue weighted by Gasteiger charge is -2.05. The van der Waals surface area contributed by atoms with Gasteiger partial charge in [-0.1, -0.05) is 12.1 Å². The summed E-state index contributed by atoms with van der Waals surface area (Å²) in [4.78, 5) is 3.94. The number of aromatic nitrogens is 4. The minimum absolute atomic E-state index is 0.606. The molecule has 0 aliphatic heterocycles. The number of aryl methyl sites for hydroxylation is 2. The average Bonchev–Trinajstić information content (AvgIpc) is 2.91.